The van der Waals surface area contributed by atoms with Crippen molar-refractivity contribution in [1.29, 1.82) is 0 Å². The predicted molar refractivity (Wildman–Crippen MR) is 84.8 cm³/mol. The van der Waals surface area contributed by atoms with Gasteiger partial charge >= 0.3 is 0 Å². The number of para-hydroxylation sites is 1. The number of carbonyl (C=O) groups is 1. The van der Waals surface area contributed by atoms with Gasteiger partial charge in [0.2, 0.25) is 0 Å². The molecule has 0 atom stereocenters. The third-order valence-corrected chi connectivity index (χ3v) is 3.38. The standard InChI is InChI=1S/C15H26N4O/c1-10(2)19(11(3)4)9-8-18-13-7-5-6-12(14(13)16)15(17)20/h5-7,10-11,18H,8-9,16H2,1-4H3,(H2,17,20). The van der Waals surface area contributed by atoms with Gasteiger partial charge in [-0.05, 0) is 39.8 Å². The van der Waals surface area contributed by atoms with Crippen LogP contribution < -0.4 is 16.8 Å². The first-order chi connectivity index (χ1) is 9.34. The summed E-state index contributed by atoms with van der Waals surface area (Å²) in [6.45, 7) is 10.4. The minimum atomic E-state index is -0.503. The van der Waals surface area contributed by atoms with Crippen molar-refractivity contribution in [2.45, 2.75) is 39.8 Å². The molecule has 0 spiro atoms. The van der Waals surface area contributed by atoms with Gasteiger partial charge in [-0.25, -0.2) is 0 Å². The quantitative estimate of drug-likeness (QED) is 0.665. The smallest absolute Gasteiger partial charge is 0.250 e. The van der Waals surface area contributed by atoms with Crippen LogP contribution in [0.1, 0.15) is 38.1 Å². The van der Waals surface area contributed by atoms with Crippen LogP contribution in [0.15, 0.2) is 18.2 Å². The lowest BCUT2D eigenvalue weighted by molar-refractivity contribution is 0.100. The molecule has 1 amide bonds. The number of amides is 1. The summed E-state index contributed by atoms with van der Waals surface area (Å²) in [5.74, 6) is -0.503. The van der Waals surface area contributed by atoms with Crippen LogP contribution in [0.5, 0.6) is 0 Å². The molecule has 0 saturated carbocycles. The predicted octanol–water partition coefficient (Wildman–Crippen LogP) is 1.90. The lowest BCUT2D eigenvalue weighted by Crippen LogP contribution is -2.40. The molecule has 0 aliphatic carbocycles. The van der Waals surface area contributed by atoms with E-state index in [0.717, 1.165) is 18.8 Å². The molecule has 1 aromatic carbocycles. The van der Waals surface area contributed by atoms with Crippen LogP contribution in [0.2, 0.25) is 0 Å². The number of nitrogens with two attached hydrogens (primary N) is 2. The monoisotopic (exact) mass is 278 g/mol. The van der Waals surface area contributed by atoms with Crippen molar-refractivity contribution in [1.82, 2.24) is 4.90 Å². The van der Waals surface area contributed by atoms with E-state index in [2.05, 4.69) is 37.9 Å². The number of primary amides is 1. The minimum Gasteiger partial charge on any atom is -0.396 e. The SMILES string of the molecule is CC(C)N(CCNc1cccc(C(N)=O)c1N)C(C)C. The van der Waals surface area contributed by atoms with E-state index in [0.29, 0.717) is 23.3 Å². The molecule has 0 heterocycles. The zero-order valence-corrected chi connectivity index (χ0v) is 12.8. The summed E-state index contributed by atoms with van der Waals surface area (Å²) < 4.78 is 0. The molecule has 0 saturated heterocycles. The van der Waals surface area contributed by atoms with Gasteiger partial charge in [0.1, 0.15) is 0 Å². The van der Waals surface area contributed by atoms with E-state index in [1.807, 2.05) is 6.07 Å². The van der Waals surface area contributed by atoms with Crippen molar-refractivity contribution in [3.05, 3.63) is 23.8 Å². The summed E-state index contributed by atoms with van der Waals surface area (Å²) in [7, 11) is 0. The maximum Gasteiger partial charge on any atom is 0.250 e. The normalized spacial score (nSPS) is 11.3. The highest BCUT2D eigenvalue weighted by atomic mass is 16.1. The molecular formula is C15H26N4O. The van der Waals surface area contributed by atoms with Crippen molar-refractivity contribution >= 4 is 17.3 Å². The van der Waals surface area contributed by atoms with E-state index < -0.39 is 5.91 Å². The van der Waals surface area contributed by atoms with Gasteiger partial charge in [0.25, 0.3) is 5.91 Å². The lowest BCUT2D eigenvalue weighted by atomic mass is 10.1. The maximum atomic E-state index is 11.2. The van der Waals surface area contributed by atoms with Gasteiger partial charge in [-0.3, -0.25) is 9.69 Å². The average molecular weight is 278 g/mol. The van der Waals surface area contributed by atoms with E-state index in [4.69, 9.17) is 11.5 Å². The first-order valence-corrected chi connectivity index (χ1v) is 7.02. The molecule has 112 valence electrons. The van der Waals surface area contributed by atoms with Crippen LogP contribution in [0.4, 0.5) is 11.4 Å². The fourth-order valence-electron chi connectivity index (χ4n) is 2.37. The molecule has 0 bridgehead atoms. The molecule has 5 N–H and O–H groups in total. The molecule has 1 rings (SSSR count). The van der Waals surface area contributed by atoms with Crippen molar-refractivity contribution in [2.24, 2.45) is 5.73 Å². The number of benzene rings is 1. The van der Waals surface area contributed by atoms with E-state index in [1.165, 1.54) is 0 Å². The molecule has 0 fully saturated rings. The Morgan fingerprint density at radius 1 is 1.25 bits per heavy atom. The van der Waals surface area contributed by atoms with Gasteiger partial charge < -0.3 is 16.8 Å². The first-order valence-electron chi connectivity index (χ1n) is 7.02. The van der Waals surface area contributed by atoms with Crippen molar-refractivity contribution in [3.63, 3.8) is 0 Å². The van der Waals surface area contributed by atoms with Crippen molar-refractivity contribution < 1.29 is 4.79 Å². The third kappa shape index (κ3) is 4.13. The molecule has 5 nitrogen and oxygen atoms in total. The van der Waals surface area contributed by atoms with Crippen LogP contribution in [0.25, 0.3) is 0 Å². The van der Waals surface area contributed by atoms with Crippen LogP contribution in [-0.4, -0.2) is 36.0 Å². The Kier molecular flexibility index (Phi) is 5.82. The Labute approximate surface area is 121 Å². The molecule has 0 aromatic heterocycles. The second kappa shape index (κ2) is 7.14. The van der Waals surface area contributed by atoms with E-state index in [1.54, 1.807) is 12.1 Å². The molecule has 0 radical (unpaired) electrons. The van der Waals surface area contributed by atoms with Gasteiger partial charge in [0.15, 0.2) is 0 Å². The summed E-state index contributed by atoms with van der Waals surface area (Å²) in [5, 5.41) is 3.27. The fraction of sp³-hybridized carbons (Fsp3) is 0.533. The zero-order chi connectivity index (χ0) is 15.3. The number of carbonyl (C=O) groups excluding carboxylic acids is 1. The Hall–Kier alpha value is -1.75. The highest BCUT2D eigenvalue weighted by Gasteiger charge is 2.13. The topological polar surface area (TPSA) is 84.4 Å². The molecule has 20 heavy (non-hydrogen) atoms. The van der Waals surface area contributed by atoms with Gasteiger partial charge in [0.05, 0.1) is 16.9 Å². The summed E-state index contributed by atoms with van der Waals surface area (Å²) >= 11 is 0. The number of nitrogens with zero attached hydrogens (tertiary/aromatic N) is 1. The highest BCUT2D eigenvalue weighted by Crippen LogP contribution is 2.22. The van der Waals surface area contributed by atoms with Crippen molar-refractivity contribution in [2.75, 3.05) is 24.1 Å². The largest absolute Gasteiger partial charge is 0.396 e. The number of hydrogen-bond acceptors (Lipinski definition) is 4. The maximum absolute atomic E-state index is 11.2. The summed E-state index contributed by atoms with van der Waals surface area (Å²) in [6.07, 6.45) is 0. The Balaban J connectivity index is 2.67. The second-order valence-corrected chi connectivity index (χ2v) is 5.48. The molecular weight excluding hydrogens is 252 g/mol. The van der Waals surface area contributed by atoms with Crippen LogP contribution in [0.3, 0.4) is 0 Å². The molecule has 0 aliphatic heterocycles. The minimum absolute atomic E-state index is 0.361. The van der Waals surface area contributed by atoms with Crippen LogP contribution in [-0.2, 0) is 0 Å². The molecule has 1 aromatic rings. The van der Waals surface area contributed by atoms with Gasteiger partial charge in [-0.1, -0.05) is 6.07 Å². The van der Waals surface area contributed by atoms with Crippen LogP contribution >= 0.6 is 0 Å². The molecule has 0 unspecified atom stereocenters. The first kappa shape index (κ1) is 16.3. The number of nitrogens with one attached hydrogen (secondary N) is 1. The fourth-order valence-corrected chi connectivity index (χ4v) is 2.37. The highest BCUT2D eigenvalue weighted by molar-refractivity contribution is 6.00. The number of anilines is 2. The number of rotatable bonds is 7. The lowest BCUT2D eigenvalue weighted by Gasteiger charge is -2.30. The molecule has 5 heteroatoms. The van der Waals surface area contributed by atoms with Gasteiger partial charge in [-0.15, -0.1) is 0 Å². The number of nitrogen functional groups attached to an aromatic ring is 1. The van der Waals surface area contributed by atoms with E-state index in [9.17, 15) is 4.79 Å². The van der Waals surface area contributed by atoms with Crippen LogP contribution in [0, 0.1) is 0 Å². The van der Waals surface area contributed by atoms with Gasteiger partial charge in [-0.2, -0.15) is 0 Å². The Morgan fingerprint density at radius 3 is 2.35 bits per heavy atom. The summed E-state index contributed by atoms with van der Waals surface area (Å²) in [5.41, 5.74) is 12.8. The summed E-state index contributed by atoms with van der Waals surface area (Å²) in [4.78, 5) is 13.6. The second-order valence-electron chi connectivity index (χ2n) is 5.48. The average Bonchev–Trinajstić information content (AvgIpc) is 2.34. The molecule has 0 aliphatic rings. The Bertz CT molecular complexity index is 449. The number of hydrogen-bond donors (Lipinski definition) is 3. The van der Waals surface area contributed by atoms with Gasteiger partial charge in [0, 0.05) is 25.2 Å². The van der Waals surface area contributed by atoms with E-state index >= 15 is 0 Å². The Morgan fingerprint density at radius 2 is 1.85 bits per heavy atom. The van der Waals surface area contributed by atoms with Crippen molar-refractivity contribution in [3.8, 4) is 0 Å². The zero-order valence-electron chi connectivity index (χ0n) is 12.8. The summed E-state index contributed by atoms with van der Waals surface area (Å²) in [6, 6.07) is 6.26. The third-order valence-electron chi connectivity index (χ3n) is 3.38. The van der Waals surface area contributed by atoms with E-state index in [-0.39, 0.29) is 0 Å².